The van der Waals surface area contributed by atoms with Crippen LogP contribution in [0.2, 0.25) is 0 Å². The Hall–Kier alpha value is -1.55. The first-order chi connectivity index (χ1) is 9.22. The molecule has 0 aromatic heterocycles. The molecule has 19 heavy (non-hydrogen) atoms. The third-order valence-corrected chi connectivity index (χ3v) is 3.88. The second-order valence-electron chi connectivity index (χ2n) is 5.55. The molecule has 1 aliphatic carbocycles. The van der Waals surface area contributed by atoms with Crippen molar-refractivity contribution in [1.82, 2.24) is 4.90 Å². The van der Waals surface area contributed by atoms with Crippen molar-refractivity contribution in [3.8, 4) is 5.75 Å². The van der Waals surface area contributed by atoms with E-state index in [2.05, 4.69) is 17.0 Å². The quantitative estimate of drug-likeness (QED) is 0.604. The van der Waals surface area contributed by atoms with Crippen molar-refractivity contribution in [1.29, 1.82) is 5.41 Å². The molecule has 102 valence electrons. The Morgan fingerprint density at radius 2 is 2.16 bits per heavy atom. The molecule has 0 saturated heterocycles. The van der Waals surface area contributed by atoms with E-state index < -0.39 is 0 Å². The topological polar surface area (TPSA) is 62.3 Å². The van der Waals surface area contributed by atoms with Crippen LogP contribution in [-0.4, -0.2) is 36.0 Å². The molecule has 1 aliphatic heterocycles. The lowest BCUT2D eigenvalue weighted by Crippen LogP contribution is -2.38. The van der Waals surface area contributed by atoms with Crippen LogP contribution in [0, 0.1) is 5.41 Å². The number of rotatable bonds is 6. The van der Waals surface area contributed by atoms with Crippen LogP contribution in [0.5, 0.6) is 5.75 Å². The van der Waals surface area contributed by atoms with Crippen LogP contribution in [0.15, 0.2) is 24.3 Å². The first-order valence-electron chi connectivity index (χ1n) is 7.04. The van der Waals surface area contributed by atoms with Crippen molar-refractivity contribution in [2.24, 2.45) is 5.73 Å². The van der Waals surface area contributed by atoms with Gasteiger partial charge in [0.25, 0.3) is 0 Å². The fourth-order valence-electron chi connectivity index (χ4n) is 2.74. The Morgan fingerprint density at radius 1 is 1.37 bits per heavy atom. The van der Waals surface area contributed by atoms with E-state index >= 15 is 0 Å². The highest BCUT2D eigenvalue weighted by Crippen LogP contribution is 2.31. The van der Waals surface area contributed by atoms with Crippen molar-refractivity contribution in [3.63, 3.8) is 0 Å². The maximum atomic E-state index is 7.36. The summed E-state index contributed by atoms with van der Waals surface area (Å²) in [4.78, 5) is 2.44. The molecule has 1 aromatic rings. The van der Waals surface area contributed by atoms with Crippen LogP contribution in [0.1, 0.15) is 24.8 Å². The number of nitrogens with one attached hydrogen (secondary N) is 1. The summed E-state index contributed by atoms with van der Waals surface area (Å²) in [6, 6.07) is 8.97. The highest BCUT2D eigenvalue weighted by molar-refractivity contribution is 5.76. The van der Waals surface area contributed by atoms with Crippen molar-refractivity contribution < 1.29 is 4.74 Å². The Balaban J connectivity index is 1.57. The summed E-state index contributed by atoms with van der Waals surface area (Å²) in [7, 11) is 0. The molecule has 1 unspecified atom stereocenters. The number of para-hydroxylation sites is 1. The molecule has 1 atom stereocenters. The fraction of sp³-hybridized carbons (Fsp3) is 0.533. The second kappa shape index (κ2) is 5.21. The lowest BCUT2D eigenvalue weighted by molar-refractivity contribution is 0.147. The van der Waals surface area contributed by atoms with Gasteiger partial charge in [0.2, 0.25) is 0 Å². The van der Waals surface area contributed by atoms with Gasteiger partial charge in [-0.25, -0.2) is 0 Å². The van der Waals surface area contributed by atoms with Crippen molar-refractivity contribution in [2.75, 3.05) is 13.1 Å². The van der Waals surface area contributed by atoms with Crippen LogP contribution < -0.4 is 10.5 Å². The summed E-state index contributed by atoms with van der Waals surface area (Å²) >= 11 is 0. The van der Waals surface area contributed by atoms with Gasteiger partial charge in [0.05, 0.1) is 5.84 Å². The van der Waals surface area contributed by atoms with E-state index in [1.165, 1.54) is 18.4 Å². The van der Waals surface area contributed by atoms with Gasteiger partial charge in [0.15, 0.2) is 0 Å². The average Bonchev–Trinajstić information content (AvgIpc) is 3.14. The standard InChI is InChI=1S/C15H21N3O/c16-15(17)7-8-18(12-5-6-12)10-13-9-11-3-1-2-4-14(11)19-13/h1-4,12-13H,5-10H2,(H3,16,17). The van der Waals surface area contributed by atoms with Gasteiger partial charge in [-0.05, 0) is 24.5 Å². The van der Waals surface area contributed by atoms with Gasteiger partial charge < -0.3 is 10.5 Å². The fourth-order valence-corrected chi connectivity index (χ4v) is 2.74. The number of ether oxygens (including phenoxy) is 1. The summed E-state index contributed by atoms with van der Waals surface area (Å²) in [5.74, 6) is 1.32. The molecule has 1 saturated carbocycles. The Kier molecular flexibility index (Phi) is 3.42. The van der Waals surface area contributed by atoms with Crippen LogP contribution in [0.3, 0.4) is 0 Å². The van der Waals surface area contributed by atoms with Crippen molar-refractivity contribution in [3.05, 3.63) is 29.8 Å². The Morgan fingerprint density at radius 3 is 2.84 bits per heavy atom. The number of benzene rings is 1. The number of hydrogen-bond donors (Lipinski definition) is 2. The molecule has 0 spiro atoms. The summed E-state index contributed by atoms with van der Waals surface area (Å²) in [5.41, 5.74) is 6.78. The Bertz CT molecular complexity index is 445. The number of amidine groups is 1. The summed E-state index contributed by atoms with van der Waals surface area (Å²) in [5, 5.41) is 7.36. The molecular formula is C15H21N3O. The molecule has 4 heteroatoms. The zero-order valence-corrected chi connectivity index (χ0v) is 11.1. The minimum absolute atomic E-state index is 0.255. The lowest BCUT2D eigenvalue weighted by atomic mass is 10.1. The highest BCUT2D eigenvalue weighted by Gasteiger charge is 2.32. The molecule has 1 heterocycles. The van der Waals surface area contributed by atoms with Crippen molar-refractivity contribution >= 4 is 5.84 Å². The predicted octanol–water partition coefficient (Wildman–Crippen LogP) is 1.78. The van der Waals surface area contributed by atoms with Gasteiger partial charge in [0.1, 0.15) is 11.9 Å². The molecule has 0 radical (unpaired) electrons. The summed E-state index contributed by atoms with van der Waals surface area (Å²) in [6.07, 6.45) is 4.47. The van der Waals surface area contributed by atoms with Gasteiger partial charge in [-0.2, -0.15) is 0 Å². The highest BCUT2D eigenvalue weighted by atomic mass is 16.5. The monoisotopic (exact) mass is 259 g/mol. The van der Waals surface area contributed by atoms with Gasteiger partial charge in [-0.3, -0.25) is 10.3 Å². The molecule has 3 rings (SSSR count). The largest absolute Gasteiger partial charge is 0.488 e. The Labute approximate surface area is 114 Å². The number of hydrogen-bond acceptors (Lipinski definition) is 3. The zero-order valence-electron chi connectivity index (χ0n) is 11.1. The van der Waals surface area contributed by atoms with Gasteiger partial charge in [0, 0.05) is 32.0 Å². The second-order valence-corrected chi connectivity index (χ2v) is 5.55. The third kappa shape index (κ3) is 3.07. The first kappa shape index (κ1) is 12.5. The van der Waals surface area contributed by atoms with E-state index in [0.29, 0.717) is 12.5 Å². The maximum Gasteiger partial charge on any atom is 0.123 e. The van der Waals surface area contributed by atoms with Crippen LogP contribution in [0.25, 0.3) is 0 Å². The molecule has 0 amide bonds. The van der Waals surface area contributed by atoms with Crippen LogP contribution in [0.4, 0.5) is 0 Å². The minimum Gasteiger partial charge on any atom is -0.488 e. The number of nitrogens with zero attached hydrogens (tertiary/aromatic N) is 1. The predicted molar refractivity (Wildman–Crippen MR) is 75.7 cm³/mol. The molecular weight excluding hydrogens is 238 g/mol. The SMILES string of the molecule is N=C(N)CCN(CC1Cc2ccccc2O1)C1CC1. The normalized spacial score (nSPS) is 21.2. The zero-order chi connectivity index (χ0) is 13.2. The first-order valence-corrected chi connectivity index (χ1v) is 7.04. The molecule has 2 aliphatic rings. The van der Waals surface area contributed by atoms with Crippen molar-refractivity contribution in [2.45, 2.75) is 37.8 Å². The van der Waals surface area contributed by atoms with Gasteiger partial charge in [-0.1, -0.05) is 18.2 Å². The molecule has 0 bridgehead atoms. The van der Waals surface area contributed by atoms with E-state index in [0.717, 1.165) is 25.3 Å². The average molecular weight is 259 g/mol. The molecule has 4 nitrogen and oxygen atoms in total. The van der Waals surface area contributed by atoms with Crippen LogP contribution >= 0.6 is 0 Å². The number of nitrogens with two attached hydrogens (primary N) is 1. The van der Waals surface area contributed by atoms with Gasteiger partial charge in [-0.15, -0.1) is 0 Å². The maximum absolute atomic E-state index is 7.36. The van der Waals surface area contributed by atoms with E-state index in [-0.39, 0.29) is 11.9 Å². The molecule has 3 N–H and O–H groups in total. The van der Waals surface area contributed by atoms with E-state index in [1.54, 1.807) is 0 Å². The smallest absolute Gasteiger partial charge is 0.123 e. The third-order valence-electron chi connectivity index (χ3n) is 3.88. The molecule has 1 aromatic carbocycles. The van der Waals surface area contributed by atoms with E-state index in [1.807, 2.05) is 12.1 Å². The van der Waals surface area contributed by atoms with E-state index in [9.17, 15) is 0 Å². The summed E-state index contributed by atoms with van der Waals surface area (Å²) in [6.45, 7) is 1.84. The van der Waals surface area contributed by atoms with Crippen LogP contribution in [-0.2, 0) is 6.42 Å². The van der Waals surface area contributed by atoms with Gasteiger partial charge >= 0.3 is 0 Å². The van der Waals surface area contributed by atoms with E-state index in [4.69, 9.17) is 15.9 Å². The lowest BCUT2D eigenvalue weighted by Gasteiger charge is -2.24. The molecule has 1 fully saturated rings. The number of fused-ring (bicyclic) bond motifs is 1. The summed E-state index contributed by atoms with van der Waals surface area (Å²) < 4.78 is 6.00. The minimum atomic E-state index is 0.255.